The van der Waals surface area contributed by atoms with Crippen LogP contribution in [0, 0.1) is 0 Å². The monoisotopic (exact) mass is 482 g/mol. The van der Waals surface area contributed by atoms with Crippen molar-refractivity contribution < 1.29 is 29.7 Å². The second-order valence-corrected chi connectivity index (χ2v) is 8.01. The number of benzene rings is 1. The summed E-state index contributed by atoms with van der Waals surface area (Å²) in [6, 6.07) is 7.09. The number of nitrogen functional groups attached to an aromatic ring is 1. The van der Waals surface area contributed by atoms with Crippen LogP contribution >= 0.6 is 15.9 Å². The van der Waals surface area contributed by atoms with Crippen LogP contribution < -0.4 is 15.9 Å². The fourth-order valence-corrected chi connectivity index (χ4v) is 3.85. The molecule has 1 aromatic carbocycles. The van der Waals surface area contributed by atoms with E-state index in [1.165, 1.54) is 15.5 Å². The molecule has 11 nitrogen and oxygen atoms in total. The molecule has 4 rings (SSSR count). The minimum absolute atomic E-state index is 0.00854. The SMILES string of the molecule is Nc1nc2c(c(=O)[nH]1)n(C[C@@H](O)c1ccc(Br)cc1)c[n+]2[C@@H]1O[C@H](CO)[C@@H](O)[C@H]1O. The van der Waals surface area contributed by atoms with E-state index in [4.69, 9.17) is 10.5 Å². The molecule has 1 aliphatic heterocycles. The fourth-order valence-electron chi connectivity index (χ4n) is 3.58. The van der Waals surface area contributed by atoms with Gasteiger partial charge in [-0.2, -0.15) is 0 Å². The molecule has 0 aliphatic carbocycles. The second kappa shape index (κ2) is 8.06. The second-order valence-electron chi connectivity index (χ2n) is 7.09. The molecule has 0 amide bonds. The Labute approximate surface area is 178 Å². The van der Waals surface area contributed by atoms with E-state index in [0.717, 1.165) is 4.47 Å². The average Bonchev–Trinajstić information content (AvgIpc) is 3.20. The average molecular weight is 483 g/mol. The van der Waals surface area contributed by atoms with Crippen molar-refractivity contribution in [2.24, 2.45) is 0 Å². The van der Waals surface area contributed by atoms with Gasteiger partial charge >= 0.3 is 5.65 Å². The van der Waals surface area contributed by atoms with Gasteiger partial charge in [-0.05, 0) is 17.7 Å². The van der Waals surface area contributed by atoms with Crippen LogP contribution in [-0.4, -0.2) is 59.9 Å². The summed E-state index contributed by atoms with van der Waals surface area (Å²) in [5.74, 6) is -0.140. The Bertz CT molecular complexity index is 1120. The third-order valence-corrected chi connectivity index (χ3v) is 5.63. The molecule has 12 heteroatoms. The zero-order valence-corrected chi connectivity index (χ0v) is 17.2. The first kappa shape index (κ1) is 20.9. The zero-order chi connectivity index (χ0) is 21.6. The summed E-state index contributed by atoms with van der Waals surface area (Å²) >= 11 is 3.34. The van der Waals surface area contributed by atoms with Gasteiger partial charge in [-0.3, -0.25) is 14.3 Å². The van der Waals surface area contributed by atoms with Gasteiger partial charge in [-0.1, -0.05) is 33.0 Å². The maximum Gasteiger partial charge on any atom is 0.313 e. The van der Waals surface area contributed by atoms with Gasteiger partial charge in [0.05, 0.1) is 13.2 Å². The van der Waals surface area contributed by atoms with Crippen LogP contribution in [0.15, 0.2) is 39.9 Å². The number of aromatic nitrogens is 4. The highest BCUT2D eigenvalue weighted by molar-refractivity contribution is 9.10. The topological polar surface area (TPSA) is 171 Å². The summed E-state index contributed by atoms with van der Waals surface area (Å²) < 4.78 is 9.26. The van der Waals surface area contributed by atoms with Crippen LogP contribution in [0.2, 0.25) is 0 Å². The van der Waals surface area contributed by atoms with Crippen molar-refractivity contribution in [1.82, 2.24) is 14.5 Å². The van der Waals surface area contributed by atoms with Gasteiger partial charge in [-0.25, -0.2) is 4.57 Å². The number of ether oxygens (including phenoxy) is 1. The normalized spacial score (nSPS) is 25.1. The van der Waals surface area contributed by atoms with Gasteiger partial charge < -0.3 is 30.9 Å². The van der Waals surface area contributed by atoms with E-state index >= 15 is 0 Å². The van der Waals surface area contributed by atoms with Crippen LogP contribution in [0.3, 0.4) is 0 Å². The van der Waals surface area contributed by atoms with E-state index in [0.29, 0.717) is 5.56 Å². The molecule has 160 valence electrons. The smallest absolute Gasteiger partial charge is 0.313 e. The van der Waals surface area contributed by atoms with Gasteiger partial charge in [0, 0.05) is 4.47 Å². The summed E-state index contributed by atoms with van der Waals surface area (Å²) in [5.41, 5.74) is 6.00. The van der Waals surface area contributed by atoms with Crippen molar-refractivity contribution in [2.45, 2.75) is 37.2 Å². The quantitative estimate of drug-likeness (QED) is 0.243. The molecule has 7 N–H and O–H groups in total. The van der Waals surface area contributed by atoms with E-state index in [1.807, 2.05) is 0 Å². The van der Waals surface area contributed by atoms with Gasteiger partial charge in [0.1, 0.15) is 24.4 Å². The lowest BCUT2D eigenvalue weighted by Crippen LogP contribution is -2.46. The molecular formula is C18H21BrN5O6+. The number of fused-ring (bicyclic) bond motifs is 1. The predicted octanol–water partition coefficient (Wildman–Crippen LogP) is -1.30. The van der Waals surface area contributed by atoms with E-state index in [2.05, 4.69) is 25.9 Å². The van der Waals surface area contributed by atoms with Crippen LogP contribution in [0.1, 0.15) is 17.9 Å². The predicted molar refractivity (Wildman–Crippen MR) is 107 cm³/mol. The number of halogens is 1. The van der Waals surface area contributed by atoms with Crippen molar-refractivity contribution >= 4 is 33.0 Å². The zero-order valence-electron chi connectivity index (χ0n) is 15.6. The fraction of sp³-hybridized carbons (Fsp3) is 0.389. The number of nitrogens with zero attached hydrogens (tertiary/aromatic N) is 3. The third kappa shape index (κ3) is 3.62. The molecular weight excluding hydrogens is 462 g/mol. The molecule has 30 heavy (non-hydrogen) atoms. The lowest BCUT2D eigenvalue weighted by atomic mass is 10.1. The molecule has 1 aliphatic rings. The Morgan fingerprint density at radius 3 is 2.63 bits per heavy atom. The molecule has 0 bridgehead atoms. The Morgan fingerprint density at radius 1 is 1.30 bits per heavy atom. The largest absolute Gasteiger partial charge is 0.394 e. The van der Waals surface area contributed by atoms with Gasteiger partial charge in [0.2, 0.25) is 11.7 Å². The van der Waals surface area contributed by atoms with Crippen molar-refractivity contribution in [3.8, 4) is 0 Å². The van der Waals surface area contributed by atoms with E-state index in [9.17, 15) is 25.2 Å². The molecule has 3 aromatic rings. The van der Waals surface area contributed by atoms with Crippen LogP contribution in [0.25, 0.3) is 11.2 Å². The number of hydrogen-bond acceptors (Lipinski definition) is 8. The highest BCUT2D eigenvalue weighted by Crippen LogP contribution is 2.27. The number of rotatable bonds is 5. The number of nitrogens with two attached hydrogens (primary N) is 1. The number of anilines is 1. The molecule has 0 radical (unpaired) electrons. The lowest BCUT2D eigenvalue weighted by molar-refractivity contribution is -0.746. The van der Waals surface area contributed by atoms with Gasteiger partial charge in [0.25, 0.3) is 11.5 Å². The molecule has 1 saturated heterocycles. The standard InChI is InChI=1S/C18H20BrN5O6/c19-9-3-1-8(2-4-9)10(26)5-23-7-24(15-12(23)16(29)22-18(20)21-15)17-14(28)13(27)11(6-25)30-17/h1-4,7,10-11,13-14,17,25-28H,5-6H2,(H2-,20,21,22,29)/p+1/t10-,11-,13-,14-,17-/m1/s1. The molecule has 1 fully saturated rings. The van der Waals surface area contributed by atoms with Crippen LogP contribution in [-0.2, 0) is 11.3 Å². The minimum atomic E-state index is -1.37. The Kier molecular flexibility index (Phi) is 5.61. The van der Waals surface area contributed by atoms with Crippen molar-refractivity contribution in [3.05, 3.63) is 51.0 Å². The molecule has 0 spiro atoms. The van der Waals surface area contributed by atoms with Gasteiger partial charge in [0.15, 0.2) is 6.33 Å². The number of hydrogen-bond donors (Lipinski definition) is 6. The van der Waals surface area contributed by atoms with Crippen LogP contribution in [0.4, 0.5) is 5.95 Å². The molecule has 0 saturated carbocycles. The van der Waals surface area contributed by atoms with Crippen molar-refractivity contribution in [1.29, 1.82) is 0 Å². The molecule has 3 heterocycles. The highest BCUT2D eigenvalue weighted by atomic mass is 79.9. The first-order valence-corrected chi connectivity index (χ1v) is 9.95. The number of aliphatic hydroxyl groups excluding tert-OH is 4. The van der Waals surface area contributed by atoms with Crippen molar-refractivity contribution in [2.75, 3.05) is 12.3 Å². The first-order valence-electron chi connectivity index (χ1n) is 9.16. The molecule has 0 unspecified atom stereocenters. The summed E-state index contributed by atoms with van der Waals surface area (Å²) in [4.78, 5) is 19.1. The Balaban J connectivity index is 1.77. The number of aliphatic hydroxyl groups is 4. The molecule has 2 aromatic heterocycles. The Hall–Kier alpha value is -2.35. The maximum absolute atomic E-state index is 12.6. The number of imidazole rings is 1. The first-order chi connectivity index (χ1) is 14.3. The minimum Gasteiger partial charge on any atom is -0.394 e. The molecule has 5 atom stereocenters. The Morgan fingerprint density at radius 2 is 2.00 bits per heavy atom. The number of aromatic amines is 1. The van der Waals surface area contributed by atoms with Gasteiger partial charge in [-0.15, -0.1) is 0 Å². The highest BCUT2D eigenvalue weighted by Gasteiger charge is 2.46. The number of H-pyrrole nitrogens is 1. The van der Waals surface area contributed by atoms with E-state index in [1.54, 1.807) is 24.3 Å². The van der Waals surface area contributed by atoms with Crippen molar-refractivity contribution in [3.63, 3.8) is 0 Å². The van der Waals surface area contributed by atoms with E-state index < -0.39 is 42.8 Å². The van der Waals surface area contributed by atoms with E-state index in [-0.39, 0.29) is 23.7 Å². The summed E-state index contributed by atoms with van der Waals surface area (Å²) in [7, 11) is 0. The summed E-state index contributed by atoms with van der Waals surface area (Å²) in [6.07, 6.45) is -4.29. The maximum atomic E-state index is 12.6. The lowest BCUT2D eigenvalue weighted by Gasteiger charge is -2.12. The third-order valence-electron chi connectivity index (χ3n) is 5.11. The summed E-state index contributed by atoms with van der Waals surface area (Å²) in [6.45, 7) is -0.485. The number of nitrogens with one attached hydrogen (secondary N) is 1. The summed E-state index contributed by atoms with van der Waals surface area (Å²) in [5, 5.41) is 40.5. The van der Waals surface area contributed by atoms with Crippen LogP contribution in [0.5, 0.6) is 0 Å².